The minimum atomic E-state index is -0.556. The molecule has 0 radical (unpaired) electrons. The molecule has 0 unspecified atom stereocenters. The van der Waals surface area contributed by atoms with E-state index in [0.29, 0.717) is 32.0 Å². The predicted molar refractivity (Wildman–Crippen MR) is 73.7 cm³/mol. The lowest BCUT2D eigenvalue weighted by molar-refractivity contribution is -0.385. The van der Waals surface area contributed by atoms with E-state index in [1.165, 1.54) is 6.07 Å². The van der Waals surface area contributed by atoms with E-state index in [2.05, 4.69) is 4.98 Å². The van der Waals surface area contributed by atoms with Crippen LogP contribution in [0.2, 0.25) is 0 Å². The topological polar surface area (TPSA) is 85.6 Å². The lowest BCUT2D eigenvalue weighted by atomic mass is 10.1. The molecule has 0 saturated heterocycles. The predicted octanol–water partition coefficient (Wildman–Crippen LogP) is 1.80. The molecular weight excluding hydrogens is 262 g/mol. The van der Waals surface area contributed by atoms with Crippen molar-refractivity contribution in [2.45, 2.75) is 20.8 Å². The molecule has 0 aliphatic carbocycles. The first-order valence-electron chi connectivity index (χ1n) is 6.49. The lowest BCUT2D eigenvalue weighted by Crippen LogP contribution is -2.34. The summed E-state index contributed by atoms with van der Waals surface area (Å²) in [6.07, 6.45) is 1.16. The maximum Gasteiger partial charge on any atom is 0.288 e. The second-order valence-electron chi connectivity index (χ2n) is 4.17. The van der Waals surface area contributed by atoms with E-state index in [4.69, 9.17) is 4.74 Å². The van der Waals surface area contributed by atoms with Gasteiger partial charge in [-0.2, -0.15) is 0 Å². The van der Waals surface area contributed by atoms with Crippen molar-refractivity contribution < 1.29 is 14.5 Å². The summed E-state index contributed by atoms with van der Waals surface area (Å²) in [6.45, 7) is 7.38. The average Bonchev–Trinajstić information content (AvgIpc) is 2.43. The number of pyridine rings is 1. The number of hydrogen-bond acceptors (Lipinski definition) is 5. The molecule has 0 aromatic carbocycles. The SMILES string of the molecule is CCOCCN(CC)C(=O)c1cc([N+](=O)[O-])cnc1C. The number of likely N-dealkylation sites (N-methyl/N-ethyl adjacent to an activating group) is 1. The van der Waals surface area contributed by atoms with E-state index in [1.807, 2.05) is 13.8 Å². The third kappa shape index (κ3) is 3.99. The Kier molecular flexibility index (Phi) is 6.05. The molecule has 0 aliphatic heterocycles. The summed E-state index contributed by atoms with van der Waals surface area (Å²) < 4.78 is 5.23. The minimum Gasteiger partial charge on any atom is -0.380 e. The van der Waals surface area contributed by atoms with Crippen LogP contribution in [0, 0.1) is 17.0 Å². The van der Waals surface area contributed by atoms with Gasteiger partial charge in [-0.15, -0.1) is 0 Å². The Labute approximate surface area is 117 Å². The molecule has 0 fully saturated rings. The van der Waals surface area contributed by atoms with Crippen molar-refractivity contribution in [2.75, 3.05) is 26.3 Å². The van der Waals surface area contributed by atoms with Gasteiger partial charge in [0.05, 0.1) is 22.8 Å². The van der Waals surface area contributed by atoms with Crippen LogP contribution in [-0.2, 0) is 4.74 Å². The molecule has 1 amide bonds. The van der Waals surface area contributed by atoms with Gasteiger partial charge in [0.25, 0.3) is 11.6 Å². The zero-order valence-corrected chi connectivity index (χ0v) is 12.0. The minimum absolute atomic E-state index is 0.181. The molecule has 0 bridgehead atoms. The molecular formula is C13H19N3O4. The van der Waals surface area contributed by atoms with Crippen LogP contribution >= 0.6 is 0 Å². The van der Waals surface area contributed by atoms with E-state index in [9.17, 15) is 14.9 Å². The van der Waals surface area contributed by atoms with E-state index in [0.717, 1.165) is 6.20 Å². The first-order valence-corrected chi connectivity index (χ1v) is 6.49. The molecule has 0 spiro atoms. The van der Waals surface area contributed by atoms with E-state index in [1.54, 1.807) is 11.8 Å². The molecule has 0 aliphatic rings. The van der Waals surface area contributed by atoms with Gasteiger partial charge in [-0.3, -0.25) is 19.9 Å². The van der Waals surface area contributed by atoms with Gasteiger partial charge in [0.15, 0.2) is 0 Å². The highest BCUT2D eigenvalue weighted by molar-refractivity contribution is 5.95. The van der Waals surface area contributed by atoms with Gasteiger partial charge in [-0.25, -0.2) is 0 Å². The van der Waals surface area contributed by atoms with E-state index < -0.39 is 4.92 Å². The van der Waals surface area contributed by atoms with Crippen LogP contribution in [-0.4, -0.2) is 47.0 Å². The zero-order chi connectivity index (χ0) is 15.1. The number of nitrogens with zero attached hydrogens (tertiary/aromatic N) is 3. The van der Waals surface area contributed by atoms with Gasteiger partial charge >= 0.3 is 0 Å². The fourth-order valence-electron chi connectivity index (χ4n) is 1.73. The van der Waals surface area contributed by atoms with Crippen LogP contribution in [0.15, 0.2) is 12.3 Å². The Hall–Kier alpha value is -2.02. The molecule has 0 N–H and O–H groups in total. The highest BCUT2D eigenvalue weighted by atomic mass is 16.6. The summed E-state index contributed by atoms with van der Waals surface area (Å²) in [5.41, 5.74) is 0.563. The Morgan fingerprint density at radius 2 is 2.20 bits per heavy atom. The van der Waals surface area contributed by atoms with Crippen molar-refractivity contribution >= 4 is 11.6 Å². The summed E-state index contributed by atoms with van der Waals surface area (Å²) in [6, 6.07) is 1.27. The van der Waals surface area contributed by atoms with Gasteiger partial charge in [-0.05, 0) is 20.8 Å². The van der Waals surface area contributed by atoms with Crippen LogP contribution < -0.4 is 0 Å². The third-order valence-corrected chi connectivity index (χ3v) is 2.89. The Morgan fingerprint density at radius 1 is 1.50 bits per heavy atom. The molecule has 110 valence electrons. The van der Waals surface area contributed by atoms with E-state index >= 15 is 0 Å². The highest BCUT2D eigenvalue weighted by Gasteiger charge is 2.20. The normalized spacial score (nSPS) is 10.3. The van der Waals surface area contributed by atoms with Gasteiger partial charge in [0.2, 0.25) is 0 Å². The number of nitro groups is 1. The summed E-state index contributed by atoms with van der Waals surface area (Å²) in [4.78, 5) is 28.1. The number of aryl methyl sites for hydroxylation is 1. The van der Waals surface area contributed by atoms with E-state index in [-0.39, 0.29) is 17.2 Å². The molecule has 1 rings (SSSR count). The molecule has 20 heavy (non-hydrogen) atoms. The number of carbonyl (C=O) groups excluding carboxylic acids is 1. The number of aromatic nitrogens is 1. The fraction of sp³-hybridized carbons (Fsp3) is 0.538. The first-order chi connectivity index (χ1) is 9.51. The molecule has 7 heteroatoms. The maximum absolute atomic E-state index is 12.4. The number of ether oxygens (including phenoxy) is 1. The molecule has 1 aromatic heterocycles. The molecule has 1 aromatic rings. The number of carbonyl (C=O) groups is 1. The van der Waals surface area contributed by atoms with Crippen LogP contribution in [0.3, 0.4) is 0 Å². The number of hydrogen-bond donors (Lipinski definition) is 0. The van der Waals surface area contributed by atoms with Crippen LogP contribution in [0.1, 0.15) is 29.9 Å². The maximum atomic E-state index is 12.4. The third-order valence-electron chi connectivity index (χ3n) is 2.89. The fourth-order valence-corrected chi connectivity index (χ4v) is 1.73. The van der Waals surface area contributed by atoms with Gasteiger partial charge in [-0.1, -0.05) is 0 Å². The lowest BCUT2D eigenvalue weighted by Gasteiger charge is -2.21. The standard InChI is InChI=1S/C13H19N3O4/c1-4-15(6-7-20-5-2)13(17)12-8-11(16(18)19)9-14-10(12)3/h8-9H,4-7H2,1-3H3. The Bertz CT molecular complexity index is 491. The van der Waals surface area contributed by atoms with Crippen LogP contribution in [0.25, 0.3) is 0 Å². The monoisotopic (exact) mass is 281 g/mol. The van der Waals surface area contributed by atoms with Crippen molar-refractivity contribution in [2.24, 2.45) is 0 Å². The molecule has 0 atom stereocenters. The molecule has 0 saturated carbocycles. The summed E-state index contributed by atoms with van der Waals surface area (Å²) >= 11 is 0. The number of amides is 1. The van der Waals surface area contributed by atoms with Crippen LogP contribution in [0.5, 0.6) is 0 Å². The quantitative estimate of drug-likeness (QED) is 0.432. The first kappa shape index (κ1) is 16.0. The smallest absolute Gasteiger partial charge is 0.288 e. The largest absolute Gasteiger partial charge is 0.380 e. The second-order valence-corrected chi connectivity index (χ2v) is 4.17. The van der Waals surface area contributed by atoms with Gasteiger partial charge < -0.3 is 9.64 Å². The second kappa shape index (κ2) is 7.54. The van der Waals surface area contributed by atoms with Crippen molar-refractivity contribution in [3.63, 3.8) is 0 Å². The van der Waals surface area contributed by atoms with Crippen molar-refractivity contribution in [1.29, 1.82) is 0 Å². The summed E-state index contributed by atoms with van der Waals surface area (Å²) in [7, 11) is 0. The Balaban J connectivity index is 2.93. The summed E-state index contributed by atoms with van der Waals surface area (Å²) in [5, 5.41) is 10.8. The number of rotatable bonds is 7. The zero-order valence-electron chi connectivity index (χ0n) is 12.0. The highest BCUT2D eigenvalue weighted by Crippen LogP contribution is 2.16. The van der Waals surface area contributed by atoms with Gasteiger partial charge in [0, 0.05) is 25.8 Å². The summed E-state index contributed by atoms with van der Waals surface area (Å²) in [5.74, 6) is -0.263. The average molecular weight is 281 g/mol. The van der Waals surface area contributed by atoms with Crippen molar-refractivity contribution in [1.82, 2.24) is 9.88 Å². The van der Waals surface area contributed by atoms with Gasteiger partial charge in [0.1, 0.15) is 6.20 Å². The van der Waals surface area contributed by atoms with Crippen molar-refractivity contribution in [3.8, 4) is 0 Å². The van der Waals surface area contributed by atoms with Crippen LogP contribution in [0.4, 0.5) is 5.69 Å². The molecule has 7 nitrogen and oxygen atoms in total. The molecule has 1 heterocycles. The van der Waals surface area contributed by atoms with Crippen molar-refractivity contribution in [3.05, 3.63) is 33.6 Å². The Morgan fingerprint density at radius 3 is 2.75 bits per heavy atom.